The summed E-state index contributed by atoms with van der Waals surface area (Å²) in [6.45, 7) is 1.90. The Morgan fingerprint density at radius 3 is 2.71 bits per heavy atom. The minimum Gasteiger partial charge on any atom is -0.480 e. The predicted molar refractivity (Wildman–Crippen MR) is 114 cm³/mol. The zero-order chi connectivity index (χ0) is 21.4. The van der Waals surface area contributed by atoms with E-state index in [2.05, 4.69) is 4.98 Å². The largest absolute Gasteiger partial charge is 0.480 e. The molecule has 31 heavy (non-hydrogen) atoms. The summed E-state index contributed by atoms with van der Waals surface area (Å²) in [6.07, 6.45) is 4.22. The van der Waals surface area contributed by atoms with E-state index < -0.39 is 0 Å². The van der Waals surface area contributed by atoms with E-state index in [1.54, 1.807) is 11.0 Å². The van der Waals surface area contributed by atoms with Gasteiger partial charge >= 0.3 is 0 Å². The number of fused-ring (bicyclic) bond motifs is 1. The minimum atomic E-state index is -0.177. The molecule has 2 aromatic rings. The monoisotopic (exact) mass is 421 g/mol. The Bertz CT molecular complexity index is 988. The van der Waals surface area contributed by atoms with E-state index in [4.69, 9.17) is 9.47 Å². The second-order valence-electron chi connectivity index (χ2n) is 8.43. The number of hydrogen-bond acceptors (Lipinski definition) is 5. The molecule has 1 atom stereocenters. The second kappa shape index (κ2) is 8.30. The number of pyridine rings is 1. The standard InChI is InChI=1S/C24H27N3O4/c1-30-22-19(13-18-20(25-22)14-27(24(18)29)17-9-5-6-10-17)23(28)26-11-12-31-21(15-26)16-7-3-2-4-8-16/h2-4,7-8,13,17,21H,5-6,9-12,14-15H2,1H3. The van der Waals surface area contributed by atoms with Crippen LogP contribution in [0.1, 0.15) is 63.8 Å². The van der Waals surface area contributed by atoms with Gasteiger partial charge in [-0.05, 0) is 24.5 Å². The van der Waals surface area contributed by atoms with Gasteiger partial charge in [0.25, 0.3) is 11.8 Å². The van der Waals surface area contributed by atoms with Crippen molar-refractivity contribution in [1.82, 2.24) is 14.8 Å². The van der Waals surface area contributed by atoms with Crippen LogP contribution in [-0.2, 0) is 11.3 Å². The normalized spacial score (nSPS) is 21.5. The zero-order valence-electron chi connectivity index (χ0n) is 17.8. The average Bonchev–Trinajstić information content (AvgIpc) is 3.46. The Balaban J connectivity index is 1.40. The molecule has 1 unspecified atom stereocenters. The molecule has 1 aliphatic carbocycles. The number of nitrogens with zero attached hydrogens (tertiary/aromatic N) is 3. The van der Waals surface area contributed by atoms with E-state index in [1.807, 2.05) is 35.2 Å². The van der Waals surface area contributed by atoms with Gasteiger partial charge in [0.15, 0.2) is 0 Å². The molecule has 1 saturated heterocycles. The molecule has 1 aromatic heterocycles. The summed E-state index contributed by atoms with van der Waals surface area (Å²) in [5.41, 5.74) is 2.62. The number of rotatable bonds is 4. The van der Waals surface area contributed by atoms with Crippen molar-refractivity contribution in [3.05, 3.63) is 58.8 Å². The van der Waals surface area contributed by atoms with E-state index in [-0.39, 0.29) is 29.8 Å². The number of carbonyl (C=O) groups excluding carboxylic acids is 2. The van der Waals surface area contributed by atoms with Crippen LogP contribution in [0.15, 0.2) is 36.4 Å². The minimum absolute atomic E-state index is 0.0183. The lowest BCUT2D eigenvalue weighted by Crippen LogP contribution is -2.42. The molecule has 5 rings (SSSR count). The summed E-state index contributed by atoms with van der Waals surface area (Å²) in [6, 6.07) is 11.9. The third-order valence-electron chi connectivity index (χ3n) is 6.59. The van der Waals surface area contributed by atoms with Crippen LogP contribution in [0, 0.1) is 0 Å². The molecule has 7 nitrogen and oxygen atoms in total. The summed E-state index contributed by atoms with van der Waals surface area (Å²) < 4.78 is 11.4. The molecular weight excluding hydrogens is 394 g/mol. The molecule has 3 heterocycles. The Morgan fingerprint density at radius 1 is 1.19 bits per heavy atom. The van der Waals surface area contributed by atoms with Crippen LogP contribution in [0.25, 0.3) is 0 Å². The van der Waals surface area contributed by atoms with E-state index in [9.17, 15) is 9.59 Å². The number of benzene rings is 1. The van der Waals surface area contributed by atoms with Gasteiger partial charge in [-0.3, -0.25) is 9.59 Å². The van der Waals surface area contributed by atoms with Crippen molar-refractivity contribution in [1.29, 1.82) is 0 Å². The molecule has 1 aromatic carbocycles. The van der Waals surface area contributed by atoms with Crippen LogP contribution in [0.3, 0.4) is 0 Å². The van der Waals surface area contributed by atoms with Crippen LogP contribution in [-0.4, -0.2) is 59.4 Å². The second-order valence-corrected chi connectivity index (χ2v) is 8.43. The first-order valence-electron chi connectivity index (χ1n) is 11.0. The third kappa shape index (κ3) is 3.67. The highest BCUT2D eigenvalue weighted by Crippen LogP contribution is 2.34. The van der Waals surface area contributed by atoms with Crippen LogP contribution < -0.4 is 4.74 Å². The van der Waals surface area contributed by atoms with Crippen molar-refractivity contribution in [3.63, 3.8) is 0 Å². The van der Waals surface area contributed by atoms with Crippen molar-refractivity contribution < 1.29 is 19.1 Å². The first kappa shape index (κ1) is 20.0. The van der Waals surface area contributed by atoms with Gasteiger partial charge in [-0.25, -0.2) is 4.98 Å². The van der Waals surface area contributed by atoms with E-state index in [1.165, 1.54) is 7.11 Å². The van der Waals surface area contributed by atoms with Crippen LogP contribution in [0.4, 0.5) is 0 Å². The Hall–Kier alpha value is -2.93. The quantitative estimate of drug-likeness (QED) is 0.758. The van der Waals surface area contributed by atoms with Crippen molar-refractivity contribution in [2.24, 2.45) is 0 Å². The van der Waals surface area contributed by atoms with Crippen molar-refractivity contribution >= 4 is 11.8 Å². The average molecular weight is 421 g/mol. The maximum Gasteiger partial charge on any atom is 0.259 e. The number of amides is 2. The molecule has 0 radical (unpaired) electrons. The fraction of sp³-hybridized carbons (Fsp3) is 0.458. The smallest absolute Gasteiger partial charge is 0.259 e. The molecule has 2 fully saturated rings. The van der Waals surface area contributed by atoms with Crippen molar-refractivity contribution in [2.75, 3.05) is 26.8 Å². The molecule has 1 saturated carbocycles. The highest BCUT2D eigenvalue weighted by molar-refractivity contribution is 6.03. The molecule has 0 spiro atoms. The lowest BCUT2D eigenvalue weighted by atomic mass is 10.1. The molecule has 7 heteroatoms. The number of hydrogen-bond donors (Lipinski definition) is 0. The van der Waals surface area contributed by atoms with E-state index >= 15 is 0 Å². The maximum atomic E-state index is 13.4. The Morgan fingerprint density at radius 2 is 1.97 bits per heavy atom. The molecular formula is C24H27N3O4. The highest BCUT2D eigenvalue weighted by Gasteiger charge is 2.37. The molecule has 0 N–H and O–H groups in total. The van der Waals surface area contributed by atoms with Crippen molar-refractivity contribution in [2.45, 2.75) is 44.4 Å². The maximum absolute atomic E-state index is 13.4. The van der Waals surface area contributed by atoms with Gasteiger partial charge in [-0.1, -0.05) is 43.2 Å². The summed E-state index contributed by atoms with van der Waals surface area (Å²) in [7, 11) is 1.52. The lowest BCUT2D eigenvalue weighted by molar-refractivity contribution is -0.0229. The summed E-state index contributed by atoms with van der Waals surface area (Å²) in [5.74, 6) is 0.0892. The number of ether oxygens (including phenoxy) is 2. The fourth-order valence-corrected chi connectivity index (χ4v) is 4.92. The Labute approximate surface area is 182 Å². The fourth-order valence-electron chi connectivity index (χ4n) is 4.92. The topological polar surface area (TPSA) is 72.0 Å². The first-order valence-corrected chi connectivity index (χ1v) is 11.0. The van der Waals surface area contributed by atoms with Crippen LogP contribution in [0.2, 0.25) is 0 Å². The highest BCUT2D eigenvalue weighted by atomic mass is 16.5. The summed E-state index contributed by atoms with van der Waals surface area (Å²) >= 11 is 0. The van der Waals surface area contributed by atoms with E-state index in [0.717, 1.165) is 31.2 Å². The number of aromatic nitrogens is 1. The van der Waals surface area contributed by atoms with Gasteiger partial charge in [0.1, 0.15) is 11.7 Å². The van der Waals surface area contributed by atoms with Gasteiger partial charge in [0, 0.05) is 12.6 Å². The molecule has 2 amide bonds. The van der Waals surface area contributed by atoms with Gasteiger partial charge < -0.3 is 19.3 Å². The summed E-state index contributed by atoms with van der Waals surface area (Å²) in [5, 5.41) is 0. The van der Waals surface area contributed by atoms with Gasteiger partial charge in [0.05, 0.1) is 38.1 Å². The number of methoxy groups -OCH3 is 1. The molecule has 162 valence electrons. The first-order chi connectivity index (χ1) is 15.2. The lowest BCUT2D eigenvalue weighted by Gasteiger charge is -2.33. The van der Waals surface area contributed by atoms with Crippen LogP contribution in [0.5, 0.6) is 5.88 Å². The Kier molecular flexibility index (Phi) is 5.36. The van der Waals surface area contributed by atoms with Gasteiger partial charge in [-0.15, -0.1) is 0 Å². The predicted octanol–water partition coefficient (Wildman–Crippen LogP) is 3.20. The van der Waals surface area contributed by atoms with Crippen LogP contribution >= 0.6 is 0 Å². The third-order valence-corrected chi connectivity index (χ3v) is 6.59. The summed E-state index contributed by atoms with van der Waals surface area (Å²) in [4.78, 5) is 34.8. The number of morpholine rings is 1. The molecule has 3 aliphatic rings. The number of carbonyl (C=O) groups is 2. The van der Waals surface area contributed by atoms with Gasteiger partial charge in [-0.2, -0.15) is 0 Å². The van der Waals surface area contributed by atoms with E-state index in [0.29, 0.717) is 43.1 Å². The zero-order valence-corrected chi connectivity index (χ0v) is 17.8. The molecule has 2 aliphatic heterocycles. The SMILES string of the molecule is COc1nc2c(cc1C(=O)N1CCOC(c3ccccc3)C1)C(=O)N(C1CCCC1)C2. The molecule has 0 bridgehead atoms. The van der Waals surface area contributed by atoms with Gasteiger partial charge in [0.2, 0.25) is 5.88 Å². The van der Waals surface area contributed by atoms with Crippen molar-refractivity contribution in [3.8, 4) is 5.88 Å².